The van der Waals surface area contributed by atoms with E-state index in [0.717, 1.165) is 0 Å². The van der Waals surface area contributed by atoms with Crippen molar-refractivity contribution in [3.63, 3.8) is 0 Å². The Morgan fingerprint density at radius 2 is 2.06 bits per heavy atom. The van der Waals surface area contributed by atoms with Gasteiger partial charge in [0.15, 0.2) is 5.65 Å². The highest BCUT2D eigenvalue weighted by Crippen LogP contribution is 2.11. The summed E-state index contributed by atoms with van der Waals surface area (Å²) in [6.07, 6.45) is 2.65. The van der Waals surface area contributed by atoms with Crippen LogP contribution in [-0.2, 0) is 6.54 Å². The molecule has 2 heterocycles. The molecule has 7 heteroatoms. The number of halogens is 1. The second-order valence-corrected chi connectivity index (χ2v) is 3.81. The Kier molecular flexibility index (Phi) is 3.60. The Morgan fingerprint density at radius 1 is 1.29 bits per heavy atom. The van der Waals surface area contributed by atoms with Gasteiger partial charge < -0.3 is 14.8 Å². The third-order valence-corrected chi connectivity index (χ3v) is 2.62. The van der Waals surface area contributed by atoms with Crippen molar-refractivity contribution in [2.45, 2.75) is 13.0 Å². The van der Waals surface area contributed by atoms with E-state index in [2.05, 4.69) is 15.0 Å². The minimum atomic E-state index is -0.792. The lowest BCUT2D eigenvalue weighted by Crippen LogP contribution is -2.14. The molecule has 2 N–H and O–H groups in total. The molecule has 2 aromatic heterocycles. The van der Waals surface area contributed by atoms with Crippen molar-refractivity contribution in [1.82, 2.24) is 19.5 Å². The summed E-state index contributed by atoms with van der Waals surface area (Å²) in [5.74, 6) is -0.181. The fourth-order valence-electron chi connectivity index (χ4n) is 1.56. The van der Waals surface area contributed by atoms with E-state index in [1.165, 1.54) is 6.20 Å². The van der Waals surface area contributed by atoms with E-state index in [1.807, 2.05) is 0 Å². The molecule has 0 fully saturated rings. The summed E-state index contributed by atoms with van der Waals surface area (Å²) in [6, 6.07) is 0. The van der Waals surface area contributed by atoms with E-state index < -0.39 is 6.08 Å². The zero-order valence-electron chi connectivity index (χ0n) is 9.12. The van der Waals surface area contributed by atoms with Gasteiger partial charge in [-0.25, -0.2) is 9.97 Å². The van der Waals surface area contributed by atoms with Gasteiger partial charge in [0.2, 0.25) is 0 Å². The molecule has 0 aliphatic rings. The first-order chi connectivity index (χ1) is 8.24. The van der Waals surface area contributed by atoms with Crippen molar-refractivity contribution in [1.29, 1.82) is 0 Å². The highest BCUT2D eigenvalue weighted by molar-refractivity contribution is 5.68. The van der Waals surface area contributed by atoms with Crippen LogP contribution in [0.4, 0.5) is 4.39 Å². The van der Waals surface area contributed by atoms with Crippen molar-refractivity contribution >= 4 is 11.2 Å². The summed E-state index contributed by atoms with van der Waals surface area (Å²) in [7, 11) is 0. The maximum Gasteiger partial charge on any atom is 0.310 e. The Balaban J connectivity index is 2.16. The molecular formula is C10H13FN4O2. The normalized spacial score (nSPS) is 11.5. The second-order valence-electron chi connectivity index (χ2n) is 3.81. The van der Waals surface area contributed by atoms with Crippen molar-refractivity contribution < 1.29 is 14.6 Å². The number of nitrogens with zero attached hydrogens (tertiary/aromatic N) is 4. The van der Waals surface area contributed by atoms with Gasteiger partial charge in [0.1, 0.15) is 5.52 Å². The summed E-state index contributed by atoms with van der Waals surface area (Å²) >= 11 is 0. The van der Waals surface area contributed by atoms with Gasteiger partial charge in [-0.1, -0.05) is 0 Å². The monoisotopic (exact) mass is 240 g/mol. The minimum Gasteiger partial charge on any atom is -0.396 e. The highest BCUT2D eigenvalue weighted by Gasteiger charge is 2.09. The van der Waals surface area contributed by atoms with Gasteiger partial charge in [0, 0.05) is 25.7 Å². The van der Waals surface area contributed by atoms with E-state index in [9.17, 15) is 4.39 Å². The van der Waals surface area contributed by atoms with Gasteiger partial charge in [-0.05, 0) is 6.42 Å². The average Bonchev–Trinajstić information content (AvgIpc) is 2.73. The van der Waals surface area contributed by atoms with Crippen LogP contribution in [0.2, 0.25) is 0 Å². The van der Waals surface area contributed by atoms with Gasteiger partial charge in [-0.2, -0.15) is 9.37 Å². The maximum absolute atomic E-state index is 12.9. The fraction of sp³-hybridized carbons (Fsp3) is 0.500. The van der Waals surface area contributed by atoms with Crippen molar-refractivity contribution in [2.75, 3.05) is 13.2 Å². The summed E-state index contributed by atoms with van der Waals surface area (Å²) in [4.78, 5) is 11.1. The highest BCUT2D eigenvalue weighted by atomic mass is 19.1. The predicted molar refractivity (Wildman–Crippen MR) is 57.6 cm³/mol. The molecule has 2 rings (SSSR count). The molecule has 17 heavy (non-hydrogen) atoms. The number of aromatic nitrogens is 4. The standard InChI is InChI=1S/C10H13FN4O2/c11-10-12-3-8-9(14-10)15(6-13-8)2-1-7(4-16)5-17/h3,6-7,16-17H,1-2,4-5H2. The molecule has 0 aromatic carbocycles. The smallest absolute Gasteiger partial charge is 0.310 e. The fourth-order valence-corrected chi connectivity index (χ4v) is 1.56. The number of imidazole rings is 1. The number of aliphatic hydroxyl groups excluding tert-OH is 2. The molecule has 2 aromatic rings. The van der Waals surface area contributed by atoms with Crippen LogP contribution >= 0.6 is 0 Å². The SMILES string of the molecule is OCC(CO)CCn1cnc2cnc(F)nc21. The number of fused-ring (bicyclic) bond motifs is 1. The van der Waals surface area contributed by atoms with Crippen LogP contribution in [-0.4, -0.2) is 42.9 Å². The van der Waals surface area contributed by atoms with Gasteiger partial charge in [0.25, 0.3) is 0 Å². The minimum absolute atomic E-state index is 0.0769. The lowest BCUT2D eigenvalue weighted by atomic mass is 10.1. The summed E-state index contributed by atoms with van der Waals surface area (Å²) in [5.41, 5.74) is 0.947. The van der Waals surface area contributed by atoms with Crippen LogP contribution in [0.25, 0.3) is 11.2 Å². The molecule has 92 valence electrons. The van der Waals surface area contributed by atoms with Crippen LogP contribution in [0, 0.1) is 12.0 Å². The van der Waals surface area contributed by atoms with Crippen molar-refractivity contribution in [3.05, 3.63) is 18.6 Å². The molecule has 0 amide bonds. The zero-order chi connectivity index (χ0) is 12.3. The van der Waals surface area contributed by atoms with E-state index in [4.69, 9.17) is 10.2 Å². The second kappa shape index (κ2) is 5.15. The molecule has 0 aliphatic heterocycles. The Labute approximate surface area is 96.8 Å². The molecule has 0 saturated carbocycles. The Morgan fingerprint density at radius 3 is 2.76 bits per heavy atom. The average molecular weight is 240 g/mol. The van der Waals surface area contributed by atoms with Crippen LogP contribution in [0.5, 0.6) is 0 Å². The molecule has 0 aliphatic carbocycles. The Bertz CT molecular complexity index is 498. The molecule has 0 spiro atoms. The predicted octanol–water partition coefficient (Wildman–Crippen LogP) is -0.0437. The lowest BCUT2D eigenvalue weighted by molar-refractivity contribution is 0.140. The van der Waals surface area contributed by atoms with Gasteiger partial charge in [0.05, 0.1) is 12.5 Å². The number of aliphatic hydroxyl groups is 2. The quantitative estimate of drug-likeness (QED) is 0.716. The maximum atomic E-state index is 12.9. The van der Waals surface area contributed by atoms with Crippen LogP contribution in [0.3, 0.4) is 0 Å². The van der Waals surface area contributed by atoms with Crippen LogP contribution in [0.15, 0.2) is 12.5 Å². The summed E-state index contributed by atoms with van der Waals surface area (Å²) in [6.45, 7) is 0.359. The number of rotatable bonds is 5. The first kappa shape index (κ1) is 11.9. The molecule has 0 saturated heterocycles. The van der Waals surface area contributed by atoms with E-state index in [-0.39, 0.29) is 19.1 Å². The first-order valence-electron chi connectivity index (χ1n) is 5.29. The Hall–Kier alpha value is -1.60. The summed E-state index contributed by atoms with van der Waals surface area (Å²) < 4.78 is 14.6. The third kappa shape index (κ3) is 2.56. The molecule has 0 radical (unpaired) electrons. The van der Waals surface area contributed by atoms with E-state index >= 15 is 0 Å². The van der Waals surface area contributed by atoms with Crippen LogP contribution in [0.1, 0.15) is 6.42 Å². The number of aryl methyl sites for hydroxylation is 1. The topological polar surface area (TPSA) is 84.1 Å². The molecular weight excluding hydrogens is 227 g/mol. The molecule has 0 bridgehead atoms. The molecule has 0 atom stereocenters. The molecule has 0 unspecified atom stereocenters. The third-order valence-electron chi connectivity index (χ3n) is 2.62. The largest absolute Gasteiger partial charge is 0.396 e. The summed E-state index contributed by atoms with van der Waals surface area (Å²) in [5, 5.41) is 17.9. The van der Waals surface area contributed by atoms with Crippen molar-refractivity contribution in [3.8, 4) is 0 Å². The number of hydrogen-bond donors (Lipinski definition) is 2. The van der Waals surface area contributed by atoms with E-state index in [0.29, 0.717) is 24.1 Å². The van der Waals surface area contributed by atoms with E-state index in [1.54, 1.807) is 10.9 Å². The first-order valence-corrected chi connectivity index (χ1v) is 5.29. The van der Waals surface area contributed by atoms with Crippen LogP contribution < -0.4 is 0 Å². The zero-order valence-corrected chi connectivity index (χ0v) is 9.12. The van der Waals surface area contributed by atoms with Gasteiger partial charge in [-0.15, -0.1) is 0 Å². The number of hydrogen-bond acceptors (Lipinski definition) is 5. The lowest BCUT2D eigenvalue weighted by Gasteiger charge is -2.10. The van der Waals surface area contributed by atoms with Gasteiger partial charge in [-0.3, -0.25) is 0 Å². The molecule has 6 nitrogen and oxygen atoms in total. The van der Waals surface area contributed by atoms with Crippen molar-refractivity contribution in [2.24, 2.45) is 5.92 Å². The van der Waals surface area contributed by atoms with Gasteiger partial charge >= 0.3 is 6.08 Å².